The van der Waals surface area contributed by atoms with Crippen molar-refractivity contribution in [2.75, 3.05) is 11.5 Å². The molecule has 0 aromatic heterocycles. The lowest BCUT2D eigenvalue weighted by Gasteiger charge is -2.43. The van der Waals surface area contributed by atoms with E-state index in [1.807, 2.05) is 30.3 Å². The molecule has 0 unspecified atom stereocenters. The van der Waals surface area contributed by atoms with Gasteiger partial charge in [0.05, 0.1) is 10.1 Å². The van der Waals surface area contributed by atoms with Crippen LogP contribution >= 0.6 is 23.5 Å². The molecule has 2 heterocycles. The molecule has 8 heteroatoms. The minimum atomic E-state index is -1.12. The topological polar surface area (TPSA) is 72.9 Å². The third-order valence-corrected chi connectivity index (χ3v) is 8.19. The predicted octanol–water partition coefficient (Wildman–Crippen LogP) is 2.85. The summed E-state index contributed by atoms with van der Waals surface area (Å²) in [5.41, 5.74) is 0.973. The van der Waals surface area contributed by atoms with Crippen molar-refractivity contribution in [3.05, 3.63) is 35.9 Å². The first-order valence-corrected chi connectivity index (χ1v) is 11.3. The molecule has 2 saturated heterocycles. The smallest absolute Gasteiger partial charge is 0.303 e. The van der Waals surface area contributed by atoms with E-state index in [0.29, 0.717) is 6.54 Å². The molecular formula is C20H25NO5S2. The number of hydrogen-bond donors (Lipinski definition) is 0. The van der Waals surface area contributed by atoms with Crippen LogP contribution in [0.1, 0.15) is 32.8 Å². The summed E-state index contributed by atoms with van der Waals surface area (Å²) in [6, 6.07) is 9.27. The van der Waals surface area contributed by atoms with Crippen LogP contribution in [0.15, 0.2) is 30.3 Å². The average molecular weight is 424 g/mol. The van der Waals surface area contributed by atoms with Crippen LogP contribution in [0.5, 0.6) is 0 Å². The van der Waals surface area contributed by atoms with Crippen molar-refractivity contribution in [2.24, 2.45) is 0 Å². The fraction of sp³-hybridized carbons (Fsp3) is 0.550. The summed E-state index contributed by atoms with van der Waals surface area (Å²) in [6.45, 7) is 5.04. The van der Waals surface area contributed by atoms with Gasteiger partial charge in [-0.2, -0.15) is 0 Å². The zero-order chi connectivity index (χ0) is 20.3. The number of carbonyl (C=O) groups is 3. The molecule has 0 bridgehead atoms. The van der Waals surface area contributed by atoms with Gasteiger partial charge in [-0.05, 0) is 30.4 Å². The normalized spacial score (nSPS) is 26.8. The molecule has 1 amide bonds. The second-order valence-corrected chi connectivity index (χ2v) is 10.4. The van der Waals surface area contributed by atoms with E-state index < -0.39 is 30.2 Å². The van der Waals surface area contributed by atoms with Gasteiger partial charge < -0.3 is 14.4 Å². The standard InChI is InChI=1S/C20H25NO5S2/c1-13(22)25-16-17(26-14(2)23)19(24)21(12-15-8-5-4-6-9-15)18(16)20(3)27-10-7-11-28-20/h4-6,8-9,16-18H,7,10-12H2,1-3H3/t16-,17-,18+/m1/s1. The summed E-state index contributed by atoms with van der Waals surface area (Å²) in [7, 11) is 0. The maximum Gasteiger partial charge on any atom is 0.303 e. The number of thioether (sulfide) groups is 2. The van der Waals surface area contributed by atoms with Crippen molar-refractivity contribution in [3.8, 4) is 0 Å². The van der Waals surface area contributed by atoms with E-state index >= 15 is 0 Å². The van der Waals surface area contributed by atoms with Crippen molar-refractivity contribution in [1.29, 1.82) is 0 Å². The number of esters is 2. The van der Waals surface area contributed by atoms with Gasteiger partial charge in [-0.25, -0.2) is 0 Å². The second-order valence-electron chi connectivity index (χ2n) is 7.07. The number of benzene rings is 1. The first-order valence-electron chi connectivity index (χ1n) is 9.28. The van der Waals surface area contributed by atoms with Gasteiger partial charge in [-0.1, -0.05) is 30.3 Å². The van der Waals surface area contributed by atoms with Crippen LogP contribution in [0, 0.1) is 0 Å². The Morgan fingerprint density at radius 1 is 1.11 bits per heavy atom. The lowest BCUT2D eigenvalue weighted by Crippen LogP contribution is -2.52. The van der Waals surface area contributed by atoms with Crippen LogP contribution in [0.3, 0.4) is 0 Å². The fourth-order valence-electron chi connectivity index (χ4n) is 3.76. The van der Waals surface area contributed by atoms with E-state index in [-0.39, 0.29) is 9.99 Å². The van der Waals surface area contributed by atoms with Crippen molar-refractivity contribution in [2.45, 2.75) is 56.1 Å². The lowest BCUT2D eigenvalue weighted by atomic mass is 10.1. The summed E-state index contributed by atoms with van der Waals surface area (Å²) >= 11 is 3.54. The Balaban J connectivity index is 2.01. The second kappa shape index (κ2) is 8.78. The summed E-state index contributed by atoms with van der Waals surface area (Å²) in [4.78, 5) is 38.5. The minimum absolute atomic E-state index is 0.316. The van der Waals surface area contributed by atoms with Gasteiger partial charge >= 0.3 is 11.9 Å². The highest BCUT2D eigenvalue weighted by atomic mass is 32.2. The van der Waals surface area contributed by atoms with E-state index in [4.69, 9.17) is 9.47 Å². The zero-order valence-corrected chi connectivity index (χ0v) is 17.9. The number of likely N-dealkylation sites (tertiary alicyclic amines) is 1. The molecule has 2 aliphatic rings. The van der Waals surface area contributed by atoms with Crippen LogP contribution in [0.2, 0.25) is 0 Å². The van der Waals surface area contributed by atoms with Gasteiger partial charge in [0.1, 0.15) is 0 Å². The summed E-state index contributed by atoms with van der Waals surface area (Å²) < 4.78 is 10.6. The molecule has 0 aliphatic carbocycles. The summed E-state index contributed by atoms with van der Waals surface area (Å²) in [5, 5.41) is 0. The number of hydrogen-bond acceptors (Lipinski definition) is 7. The van der Waals surface area contributed by atoms with Crippen molar-refractivity contribution in [3.63, 3.8) is 0 Å². The first-order chi connectivity index (χ1) is 13.3. The largest absolute Gasteiger partial charge is 0.456 e. The number of nitrogens with zero attached hydrogens (tertiary/aromatic N) is 1. The van der Waals surface area contributed by atoms with Gasteiger partial charge in [-0.15, -0.1) is 23.5 Å². The number of ether oxygens (including phenoxy) is 2. The van der Waals surface area contributed by atoms with Crippen molar-refractivity contribution < 1.29 is 23.9 Å². The van der Waals surface area contributed by atoms with Crippen molar-refractivity contribution >= 4 is 41.4 Å². The van der Waals surface area contributed by atoms with Gasteiger partial charge in [0.15, 0.2) is 6.10 Å². The molecule has 0 spiro atoms. The molecule has 2 fully saturated rings. The molecule has 3 atom stereocenters. The zero-order valence-electron chi connectivity index (χ0n) is 16.3. The predicted molar refractivity (Wildman–Crippen MR) is 110 cm³/mol. The van der Waals surface area contributed by atoms with Gasteiger partial charge in [0.25, 0.3) is 5.91 Å². The highest BCUT2D eigenvalue weighted by Gasteiger charge is 2.59. The van der Waals surface area contributed by atoms with Gasteiger partial charge in [0.2, 0.25) is 6.10 Å². The van der Waals surface area contributed by atoms with E-state index in [2.05, 4.69) is 6.92 Å². The van der Waals surface area contributed by atoms with E-state index in [9.17, 15) is 14.4 Å². The fourth-order valence-corrected chi connectivity index (χ4v) is 7.03. The van der Waals surface area contributed by atoms with Gasteiger partial charge in [0, 0.05) is 20.4 Å². The highest BCUT2D eigenvalue weighted by Crippen LogP contribution is 2.50. The Bertz CT molecular complexity index is 735. The lowest BCUT2D eigenvalue weighted by molar-refractivity contribution is -0.166. The molecule has 0 saturated carbocycles. The summed E-state index contributed by atoms with van der Waals surface area (Å²) in [5.74, 6) is 0.570. The molecular weight excluding hydrogens is 398 g/mol. The van der Waals surface area contributed by atoms with Crippen LogP contribution in [-0.4, -0.2) is 56.6 Å². The molecule has 2 aliphatic heterocycles. The summed E-state index contributed by atoms with van der Waals surface area (Å²) in [6.07, 6.45) is -0.855. The number of rotatable bonds is 5. The Kier molecular flexibility index (Phi) is 6.60. The Morgan fingerprint density at radius 2 is 1.71 bits per heavy atom. The molecule has 6 nitrogen and oxygen atoms in total. The quantitative estimate of drug-likeness (QED) is 0.674. The molecule has 1 aromatic carbocycles. The first kappa shape index (κ1) is 21.0. The Morgan fingerprint density at radius 3 is 2.29 bits per heavy atom. The average Bonchev–Trinajstić information content (AvgIpc) is 2.88. The molecule has 0 radical (unpaired) electrons. The maximum atomic E-state index is 13.3. The van der Waals surface area contributed by atoms with E-state index in [0.717, 1.165) is 23.5 Å². The number of carbonyl (C=O) groups excluding carboxylic acids is 3. The third kappa shape index (κ3) is 4.49. The monoisotopic (exact) mass is 423 g/mol. The molecule has 28 heavy (non-hydrogen) atoms. The van der Waals surface area contributed by atoms with Crippen molar-refractivity contribution in [1.82, 2.24) is 4.90 Å². The molecule has 152 valence electrons. The van der Waals surface area contributed by atoms with E-state index in [1.54, 1.807) is 28.4 Å². The Labute approximate surface area is 173 Å². The third-order valence-electron chi connectivity index (χ3n) is 4.87. The SMILES string of the molecule is CC(=O)O[C@H]1[C@@H](C2(C)SCCCS2)N(Cc2ccccc2)C(=O)[C@@H]1OC(C)=O. The molecule has 1 aromatic rings. The van der Waals surface area contributed by atoms with E-state index in [1.165, 1.54) is 13.8 Å². The van der Waals surface area contributed by atoms with Crippen LogP contribution in [0.4, 0.5) is 0 Å². The van der Waals surface area contributed by atoms with Crippen LogP contribution in [-0.2, 0) is 30.4 Å². The maximum absolute atomic E-state index is 13.3. The van der Waals surface area contributed by atoms with Crippen LogP contribution in [0.25, 0.3) is 0 Å². The van der Waals surface area contributed by atoms with Crippen LogP contribution < -0.4 is 0 Å². The number of amides is 1. The highest BCUT2D eigenvalue weighted by molar-refractivity contribution is 8.18. The van der Waals surface area contributed by atoms with Gasteiger partial charge in [-0.3, -0.25) is 14.4 Å². The Hall–Kier alpha value is -1.67. The molecule has 0 N–H and O–H groups in total. The molecule has 3 rings (SSSR count). The minimum Gasteiger partial charge on any atom is -0.456 e.